The molecule has 2 rings (SSSR count). The van der Waals surface area contributed by atoms with Crippen LogP contribution in [-0.4, -0.2) is 12.2 Å². The van der Waals surface area contributed by atoms with Gasteiger partial charge in [-0.1, -0.05) is 6.07 Å². The number of hydrazine groups is 1. The van der Waals surface area contributed by atoms with Crippen molar-refractivity contribution in [2.24, 2.45) is 0 Å². The largest absolute Gasteiger partial charge is 0.298 e. The Hall–Kier alpha value is -2.01. The molecule has 0 saturated carbocycles. The lowest BCUT2D eigenvalue weighted by Gasteiger charge is -2.11. The van der Waals surface area contributed by atoms with E-state index >= 15 is 0 Å². The fourth-order valence-electron chi connectivity index (χ4n) is 1.70. The van der Waals surface area contributed by atoms with E-state index in [1.165, 1.54) is 12.1 Å². The summed E-state index contributed by atoms with van der Waals surface area (Å²) in [6, 6.07) is 11.5. The maximum Gasteiger partial charge on any atom is 0.269 e. The monoisotopic (exact) mass is 290 g/mol. The Morgan fingerprint density at radius 1 is 1.15 bits per heavy atom. The summed E-state index contributed by atoms with van der Waals surface area (Å²) in [4.78, 5) is 13.1. The Morgan fingerprint density at radius 2 is 1.85 bits per heavy atom. The van der Waals surface area contributed by atoms with Crippen LogP contribution in [0.2, 0.25) is 0 Å². The van der Waals surface area contributed by atoms with Crippen molar-refractivity contribution in [1.82, 2.24) is 5.43 Å². The van der Waals surface area contributed by atoms with E-state index < -0.39 is 0 Å². The van der Waals surface area contributed by atoms with Crippen molar-refractivity contribution in [2.45, 2.75) is 11.8 Å². The number of anilines is 1. The van der Waals surface area contributed by atoms with Crippen molar-refractivity contribution in [3.05, 3.63) is 59.4 Å². The molecule has 0 bridgehead atoms. The highest BCUT2D eigenvalue weighted by molar-refractivity contribution is 7.98. The molecule has 0 fully saturated rings. The molecule has 2 aromatic carbocycles. The summed E-state index contributed by atoms with van der Waals surface area (Å²) in [7, 11) is 0. The van der Waals surface area contributed by atoms with Gasteiger partial charge in [0.1, 0.15) is 5.82 Å². The minimum Gasteiger partial charge on any atom is -0.298 e. The van der Waals surface area contributed by atoms with Gasteiger partial charge in [-0.3, -0.25) is 15.6 Å². The fraction of sp³-hybridized carbons (Fsp3) is 0.133. The Labute approximate surface area is 121 Å². The van der Waals surface area contributed by atoms with Crippen LogP contribution in [-0.2, 0) is 0 Å². The van der Waals surface area contributed by atoms with Crippen LogP contribution in [0.4, 0.5) is 10.1 Å². The SMILES string of the molecule is CSc1ccc(C)c(C(=O)NNc2ccc(F)cc2)c1. The standard InChI is InChI=1S/C15H15FN2OS/c1-10-3-8-13(20-2)9-14(10)15(19)18-17-12-6-4-11(16)5-7-12/h3-9,17H,1-2H3,(H,18,19). The quantitative estimate of drug-likeness (QED) is 0.667. The lowest BCUT2D eigenvalue weighted by Crippen LogP contribution is -2.29. The number of benzene rings is 2. The molecule has 3 nitrogen and oxygen atoms in total. The number of amides is 1. The van der Waals surface area contributed by atoms with E-state index in [1.54, 1.807) is 23.9 Å². The Kier molecular flexibility index (Phi) is 4.63. The second kappa shape index (κ2) is 6.43. The summed E-state index contributed by atoms with van der Waals surface area (Å²) in [5.74, 6) is -0.534. The van der Waals surface area contributed by atoms with Gasteiger partial charge in [0.15, 0.2) is 0 Å². The second-order valence-corrected chi connectivity index (χ2v) is 5.15. The third kappa shape index (κ3) is 3.51. The van der Waals surface area contributed by atoms with Gasteiger partial charge in [0.2, 0.25) is 0 Å². The van der Waals surface area contributed by atoms with Crippen molar-refractivity contribution < 1.29 is 9.18 Å². The maximum absolute atomic E-state index is 12.8. The molecule has 0 aliphatic carbocycles. The van der Waals surface area contributed by atoms with Gasteiger partial charge in [0, 0.05) is 10.5 Å². The minimum absolute atomic E-state index is 0.220. The first kappa shape index (κ1) is 14.4. The molecular formula is C15H15FN2OS. The van der Waals surface area contributed by atoms with Gasteiger partial charge < -0.3 is 0 Å². The van der Waals surface area contributed by atoms with Gasteiger partial charge in [-0.15, -0.1) is 11.8 Å². The average Bonchev–Trinajstić information content (AvgIpc) is 2.47. The van der Waals surface area contributed by atoms with Crippen LogP contribution in [0.25, 0.3) is 0 Å². The molecular weight excluding hydrogens is 275 g/mol. The van der Waals surface area contributed by atoms with Crippen molar-refractivity contribution >= 4 is 23.4 Å². The molecule has 5 heteroatoms. The normalized spacial score (nSPS) is 10.2. The number of hydrogen-bond acceptors (Lipinski definition) is 3. The average molecular weight is 290 g/mol. The molecule has 0 atom stereocenters. The Morgan fingerprint density at radius 3 is 2.50 bits per heavy atom. The van der Waals surface area contributed by atoms with Crippen LogP contribution in [0.15, 0.2) is 47.4 Å². The molecule has 0 saturated heterocycles. The van der Waals surface area contributed by atoms with Crippen LogP contribution in [0.3, 0.4) is 0 Å². The highest BCUT2D eigenvalue weighted by atomic mass is 32.2. The summed E-state index contributed by atoms with van der Waals surface area (Å²) in [5.41, 5.74) is 7.51. The summed E-state index contributed by atoms with van der Waals surface area (Å²) < 4.78 is 12.8. The zero-order chi connectivity index (χ0) is 14.5. The lowest BCUT2D eigenvalue weighted by molar-refractivity contribution is 0.0962. The molecule has 2 aromatic rings. The number of nitrogens with one attached hydrogen (secondary N) is 2. The molecule has 2 N–H and O–H groups in total. The number of carbonyl (C=O) groups excluding carboxylic acids is 1. The zero-order valence-electron chi connectivity index (χ0n) is 11.2. The molecule has 0 heterocycles. The van der Waals surface area contributed by atoms with Gasteiger partial charge >= 0.3 is 0 Å². The summed E-state index contributed by atoms with van der Waals surface area (Å²) in [6.07, 6.45) is 1.96. The molecule has 1 amide bonds. The summed E-state index contributed by atoms with van der Waals surface area (Å²) in [5, 5.41) is 0. The smallest absolute Gasteiger partial charge is 0.269 e. The molecule has 0 aliphatic rings. The van der Waals surface area contributed by atoms with Crippen molar-refractivity contribution in [3.63, 3.8) is 0 Å². The number of thioether (sulfide) groups is 1. The van der Waals surface area contributed by atoms with E-state index in [2.05, 4.69) is 10.9 Å². The first-order chi connectivity index (χ1) is 9.60. The molecule has 0 unspecified atom stereocenters. The second-order valence-electron chi connectivity index (χ2n) is 4.27. The van der Waals surface area contributed by atoms with Crippen LogP contribution in [0, 0.1) is 12.7 Å². The van der Waals surface area contributed by atoms with Gasteiger partial charge in [-0.2, -0.15) is 0 Å². The number of halogens is 1. The van der Waals surface area contributed by atoms with Crippen LogP contribution < -0.4 is 10.9 Å². The Balaban J connectivity index is 2.06. The number of carbonyl (C=O) groups is 1. The highest BCUT2D eigenvalue weighted by Gasteiger charge is 2.09. The third-order valence-electron chi connectivity index (χ3n) is 2.85. The van der Waals surface area contributed by atoms with E-state index in [0.717, 1.165) is 10.5 Å². The Bertz CT molecular complexity index is 614. The van der Waals surface area contributed by atoms with Gasteiger partial charge in [-0.25, -0.2) is 4.39 Å². The number of hydrogen-bond donors (Lipinski definition) is 2. The molecule has 0 spiro atoms. The van der Waals surface area contributed by atoms with Crippen molar-refractivity contribution in [1.29, 1.82) is 0 Å². The third-order valence-corrected chi connectivity index (χ3v) is 3.58. The van der Waals surface area contributed by atoms with Crippen LogP contribution >= 0.6 is 11.8 Å². The predicted octanol–water partition coefficient (Wildman–Crippen LogP) is 3.61. The maximum atomic E-state index is 12.8. The lowest BCUT2D eigenvalue weighted by atomic mass is 10.1. The first-order valence-corrected chi connectivity index (χ1v) is 7.29. The molecule has 20 heavy (non-hydrogen) atoms. The topological polar surface area (TPSA) is 41.1 Å². The zero-order valence-corrected chi connectivity index (χ0v) is 12.1. The summed E-state index contributed by atoms with van der Waals surface area (Å²) in [6.45, 7) is 1.89. The molecule has 0 radical (unpaired) electrons. The van der Waals surface area contributed by atoms with E-state index in [9.17, 15) is 9.18 Å². The number of aryl methyl sites for hydroxylation is 1. The fourth-order valence-corrected chi connectivity index (χ4v) is 2.14. The van der Waals surface area contributed by atoms with Crippen molar-refractivity contribution in [3.8, 4) is 0 Å². The molecule has 104 valence electrons. The highest BCUT2D eigenvalue weighted by Crippen LogP contribution is 2.19. The first-order valence-electron chi connectivity index (χ1n) is 6.06. The summed E-state index contributed by atoms with van der Waals surface area (Å²) >= 11 is 1.58. The van der Waals surface area contributed by atoms with E-state index in [0.29, 0.717) is 11.3 Å². The van der Waals surface area contributed by atoms with E-state index in [4.69, 9.17) is 0 Å². The van der Waals surface area contributed by atoms with E-state index in [1.807, 2.05) is 31.4 Å². The van der Waals surface area contributed by atoms with Gasteiger partial charge in [-0.05, 0) is 55.1 Å². The predicted molar refractivity (Wildman–Crippen MR) is 80.4 cm³/mol. The van der Waals surface area contributed by atoms with Gasteiger partial charge in [0.05, 0.1) is 5.69 Å². The molecule has 0 aromatic heterocycles. The minimum atomic E-state index is -0.314. The van der Waals surface area contributed by atoms with Crippen LogP contribution in [0.5, 0.6) is 0 Å². The van der Waals surface area contributed by atoms with Crippen molar-refractivity contribution in [2.75, 3.05) is 11.7 Å². The van der Waals surface area contributed by atoms with Crippen LogP contribution in [0.1, 0.15) is 15.9 Å². The van der Waals surface area contributed by atoms with E-state index in [-0.39, 0.29) is 11.7 Å². The number of rotatable bonds is 4. The van der Waals surface area contributed by atoms with Gasteiger partial charge in [0.25, 0.3) is 5.91 Å². The molecule has 0 aliphatic heterocycles.